The summed E-state index contributed by atoms with van der Waals surface area (Å²) in [5.41, 5.74) is 4.01. The number of fused-ring (bicyclic) bond motifs is 1. The largest absolute Gasteiger partial charge is 0.349 e. The molecule has 1 aromatic rings. The van der Waals surface area contributed by atoms with Gasteiger partial charge in [0.25, 0.3) is 10.2 Å². The number of carbonyl (C=O) groups excluding carboxylic acids is 1. The molecule has 3 rings (SSSR count). The highest BCUT2D eigenvalue weighted by Crippen LogP contribution is 2.27. The molecule has 0 aromatic heterocycles. The van der Waals surface area contributed by atoms with Crippen LogP contribution in [0.25, 0.3) is 0 Å². The van der Waals surface area contributed by atoms with Gasteiger partial charge in [-0.3, -0.25) is 4.79 Å². The van der Waals surface area contributed by atoms with Gasteiger partial charge in [0, 0.05) is 27.2 Å². The Labute approximate surface area is 169 Å². The third kappa shape index (κ3) is 4.58. The molecular formula is C21H33N3O3S. The number of nitrogens with zero attached hydrogens (tertiary/aromatic N) is 2. The number of piperidine rings is 1. The third-order valence-electron chi connectivity index (χ3n) is 6.04. The molecule has 0 spiro atoms. The van der Waals surface area contributed by atoms with E-state index in [1.807, 2.05) is 0 Å². The first-order chi connectivity index (χ1) is 13.3. The van der Waals surface area contributed by atoms with Gasteiger partial charge in [0.15, 0.2) is 0 Å². The zero-order chi connectivity index (χ0) is 20.3. The molecule has 28 heavy (non-hydrogen) atoms. The van der Waals surface area contributed by atoms with Crippen LogP contribution in [0.1, 0.15) is 61.8 Å². The first-order valence-corrected chi connectivity index (χ1v) is 11.8. The Hall–Kier alpha value is -1.44. The highest BCUT2D eigenvalue weighted by atomic mass is 32.2. The smallest absolute Gasteiger partial charge is 0.281 e. The molecule has 1 aliphatic heterocycles. The molecule has 0 bridgehead atoms. The van der Waals surface area contributed by atoms with E-state index in [1.165, 1.54) is 46.7 Å². The van der Waals surface area contributed by atoms with E-state index in [0.29, 0.717) is 13.0 Å². The lowest BCUT2D eigenvalue weighted by atomic mass is 9.88. The zero-order valence-electron chi connectivity index (χ0n) is 17.3. The molecule has 2 aliphatic rings. The molecule has 0 unspecified atom stereocenters. The standard InChI is InChI=1S/C21H33N3O3S/c1-4-20(18-12-11-16-8-5-6-9-17(16)14-18)22-21(25)19-10-7-13-24(15-19)28(26,27)23(2)3/h11-12,14,19-20H,4-10,13,15H2,1-3H3,(H,22,25)/t19-,20+/m0/s1. The summed E-state index contributed by atoms with van der Waals surface area (Å²) in [7, 11) is -0.416. The number of aryl methyl sites for hydroxylation is 2. The SMILES string of the molecule is CC[C@@H](NC(=O)[C@H]1CCCN(S(=O)(=O)N(C)C)C1)c1ccc2c(c1)CCCC2. The second-order valence-corrected chi connectivity index (χ2v) is 10.3. The molecule has 1 fully saturated rings. The van der Waals surface area contributed by atoms with Crippen LogP contribution in [0.3, 0.4) is 0 Å². The fourth-order valence-electron chi connectivity index (χ4n) is 4.28. The maximum atomic E-state index is 12.9. The Morgan fingerprint density at radius 2 is 1.93 bits per heavy atom. The van der Waals surface area contributed by atoms with Crippen molar-refractivity contribution in [2.24, 2.45) is 5.92 Å². The second-order valence-electron chi connectivity index (χ2n) is 8.19. The van der Waals surface area contributed by atoms with Gasteiger partial charge in [-0.25, -0.2) is 0 Å². The minimum Gasteiger partial charge on any atom is -0.349 e. The van der Waals surface area contributed by atoms with Crippen LogP contribution in [-0.2, 0) is 27.8 Å². The molecular weight excluding hydrogens is 374 g/mol. The molecule has 1 aromatic carbocycles. The van der Waals surface area contributed by atoms with Gasteiger partial charge in [-0.15, -0.1) is 0 Å². The predicted molar refractivity (Wildman–Crippen MR) is 111 cm³/mol. The van der Waals surface area contributed by atoms with Crippen molar-refractivity contribution in [1.82, 2.24) is 13.9 Å². The Bertz CT molecular complexity index is 807. The molecule has 1 amide bonds. The zero-order valence-corrected chi connectivity index (χ0v) is 18.1. The summed E-state index contributed by atoms with van der Waals surface area (Å²) in [5, 5.41) is 3.19. The Morgan fingerprint density at radius 3 is 2.61 bits per heavy atom. The van der Waals surface area contributed by atoms with Crippen molar-refractivity contribution in [2.45, 2.75) is 57.9 Å². The first-order valence-electron chi connectivity index (χ1n) is 10.4. The van der Waals surface area contributed by atoms with Gasteiger partial charge < -0.3 is 5.32 Å². The summed E-state index contributed by atoms with van der Waals surface area (Å²) in [4.78, 5) is 12.9. The normalized spacial score (nSPS) is 21.9. The highest BCUT2D eigenvalue weighted by molar-refractivity contribution is 7.86. The van der Waals surface area contributed by atoms with Crippen LogP contribution in [-0.4, -0.2) is 50.1 Å². The van der Waals surface area contributed by atoms with Gasteiger partial charge in [-0.2, -0.15) is 17.0 Å². The predicted octanol–water partition coefficient (Wildman–Crippen LogP) is 2.65. The Kier molecular flexibility index (Phi) is 6.78. The summed E-state index contributed by atoms with van der Waals surface area (Å²) < 4.78 is 27.5. The highest BCUT2D eigenvalue weighted by Gasteiger charge is 2.34. The molecule has 0 saturated carbocycles. The first kappa shape index (κ1) is 21.3. The van der Waals surface area contributed by atoms with Crippen molar-refractivity contribution >= 4 is 16.1 Å². The van der Waals surface area contributed by atoms with Crippen LogP contribution in [0, 0.1) is 5.92 Å². The topological polar surface area (TPSA) is 69.7 Å². The van der Waals surface area contributed by atoms with Gasteiger partial charge in [0.2, 0.25) is 5.91 Å². The summed E-state index contributed by atoms with van der Waals surface area (Å²) in [5.74, 6) is -0.335. The van der Waals surface area contributed by atoms with Crippen LogP contribution in [0.2, 0.25) is 0 Å². The number of amides is 1. The van der Waals surface area contributed by atoms with E-state index < -0.39 is 10.2 Å². The number of benzene rings is 1. The molecule has 1 N–H and O–H groups in total. The molecule has 1 saturated heterocycles. The van der Waals surface area contributed by atoms with Crippen molar-refractivity contribution in [1.29, 1.82) is 0 Å². The average molecular weight is 408 g/mol. The second kappa shape index (κ2) is 8.93. The van der Waals surface area contributed by atoms with Crippen molar-refractivity contribution in [3.05, 3.63) is 34.9 Å². The quantitative estimate of drug-likeness (QED) is 0.788. The van der Waals surface area contributed by atoms with Crippen LogP contribution in [0.15, 0.2) is 18.2 Å². The number of rotatable bonds is 6. The summed E-state index contributed by atoms with van der Waals surface area (Å²) in [6, 6.07) is 6.58. The summed E-state index contributed by atoms with van der Waals surface area (Å²) in [6.07, 6.45) is 7.01. The summed E-state index contributed by atoms with van der Waals surface area (Å²) >= 11 is 0. The van der Waals surface area contributed by atoms with Crippen molar-refractivity contribution < 1.29 is 13.2 Å². The van der Waals surface area contributed by atoms with Gasteiger partial charge >= 0.3 is 0 Å². The fourth-order valence-corrected chi connectivity index (χ4v) is 5.47. The maximum Gasteiger partial charge on any atom is 0.281 e. The van der Waals surface area contributed by atoms with Gasteiger partial charge in [-0.1, -0.05) is 25.1 Å². The Morgan fingerprint density at radius 1 is 1.21 bits per heavy atom. The van der Waals surface area contributed by atoms with E-state index in [4.69, 9.17) is 0 Å². The summed E-state index contributed by atoms with van der Waals surface area (Å²) in [6.45, 7) is 2.81. The molecule has 6 nitrogen and oxygen atoms in total. The van der Waals surface area contributed by atoms with Crippen LogP contribution >= 0.6 is 0 Å². The maximum absolute atomic E-state index is 12.9. The molecule has 7 heteroatoms. The third-order valence-corrected chi connectivity index (χ3v) is 7.95. The van der Waals surface area contributed by atoms with E-state index in [-0.39, 0.29) is 24.4 Å². The van der Waals surface area contributed by atoms with Crippen LogP contribution in [0.5, 0.6) is 0 Å². The molecule has 0 radical (unpaired) electrons. The van der Waals surface area contributed by atoms with E-state index in [1.54, 1.807) is 0 Å². The molecule has 156 valence electrons. The number of nitrogens with one attached hydrogen (secondary N) is 1. The number of hydrogen-bond donors (Lipinski definition) is 1. The number of carbonyl (C=O) groups is 1. The van der Waals surface area contributed by atoms with Crippen LogP contribution < -0.4 is 5.32 Å². The van der Waals surface area contributed by atoms with Crippen molar-refractivity contribution in [3.63, 3.8) is 0 Å². The van der Waals surface area contributed by atoms with E-state index in [2.05, 4.69) is 30.4 Å². The molecule has 2 atom stereocenters. The minimum atomic E-state index is -3.48. The Balaban J connectivity index is 1.68. The van der Waals surface area contributed by atoms with Crippen molar-refractivity contribution in [3.8, 4) is 0 Å². The monoisotopic (exact) mass is 407 g/mol. The lowest BCUT2D eigenvalue weighted by Crippen LogP contribution is -2.49. The van der Waals surface area contributed by atoms with Gasteiger partial charge in [0.05, 0.1) is 12.0 Å². The van der Waals surface area contributed by atoms with Gasteiger partial charge in [-0.05, 0) is 61.6 Å². The lowest BCUT2D eigenvalue weighted by molar-refractivity contribution is -0.126. The lowest BCUT2D eigenvalue weighted by Gasteiger charge is -2.33. The van der Waals surface area contributed by atoms with Crippen LogP contribution in [0.4, 0.5) is 0 Å². The van der Waals surface area contributed by atoms with Crippen molar-refractivity contribution in [2.75, 3.05) is 27.2 Å². The average Bonchev–Trinajstić information content (AvgIpc) is 2.71. The van der Waals surface area contributed by atoms with E-state index >= 15 is 0 Å². The molecule has 1 heterocycles. The van der Waals surface area contributed by atoms with Gasteiger partial charge in [0.1, 0.15) is 0 Å². The fraction of sp³-hybridized carbons (Fsp3) is 0.667. The number of hydrogen-bond acceptors (Lipinski definition) is 3. The van der Waals surface area contributed by atoms with E-state index in [9.17, 15) is 13.2 Å². The minimum absolute atomic E-state index is 0.0273. The van der Waals surface area contributed by atoms with E-state index in [0.717, 1.165) is 31.2 Å². The molecule has 1 aliphatic carbocycles.